The number of phenols is 1. The molecule has 0 saturated carbocycles. The van der Waals surface area contributed by atoms with Crippen molar-refractivity contribution in [2.45, 2.75) is 12.5 Å². The normalized spacial score (nSPS) is 11.8. The van der Waals surface area contributed by atoms with Crippen molar-refractivity contribution in [3.63, 3.8) is 0 Å². The van der Waals surface area contributed by atoms with E-state index in [9.17, 15) is 13.9 Å². The number of rotatable bonds is 3. The van der Waals surface area contributed by atoms with Crippen LogP contribution < -0.4 is 5.73 Å². The van der Waals surface area contributed by atoms with Crippen LogP contribution in [0.3, 0.4) is 0 Å². The van der Waals surface area contributed by atoms with E-state index in [-0.39, 0.29) is 34.6 Å². The van der Waals surface area contributed by atoms with Crippen LogP contribution in [0.25, 0.3) is 0 Å². The molecule has 0 aromatic heterocycles. The average molecular weight is 315 g/mol. The highest BCUT2D eigenvalue weighted by molar-refractivity contribution is 9.10. The van der Waals surface area contributed by atoms with Crippen LogP contribution in [-0.4, -0.2) is 5.11 Å². The minimum Gasteiger partial charge on any atom is -0.506 e. The molecule has 1 atom stereocenters. The van der Waals surface area contributed by atoms with Gasteiger partial charge in [-0.2, -0.15) is 0 Å². The highest BCUT2D eigenvalue weighted by Gasteiger charge is 2.21. The molecule has 90 valence electrons. The summed E-state index contributed by atoms with van der Waals surface area (Å²) < 4.78 is 26.4. The average Bonchev–Trinajstić information content (AvgIpc) is 2.16. The molecule has 1 aromatic rings. The Hall–Kier alpha value is -0.650. The number of hydrogen-bond acceptors (Lipinski definition) is 2. The fourth-order valence-electron chi connectivity index (χ4n) is 1.24. The maximum atomic E-state index is 13.3. The van der Waals surface area contributed by atoms with Crippen molar-refractivity contribution in [1.29, 1.82) is 0 Å². The molecule has 2 nitrogen and oxygen atoms in total. The zero-order chi connectivity index (χ0) is 11.6. The SMILES string of the molecule is C=CC[C@H](N)c1c(O)c(Br)cc(F)c1F.Cl. The summed E-state index contributed by atoms with van der Waals surface area (Å²) in [5, 5.41) is 9.53. The fourth-order valence-corrected chi connectivity index (χ4v) is 1.65. The van der Waals surface area contributed by atoms with Crippen LogP contribution in [0.4, 0.5) is 8.78 Å². The second-order valence-corrected chi connectivity index (χ2v) is 3.90. The third kappa shape index (κ3) is 2.93. The summed E-state index contributed by atoms with van der Waals surface area (Å²) in [5.41, 5.74) is 5.35. The quantitative estimate of drug-likeness (QED) is 0.663. The first-order valence-electron chi connectivity index (χ1n) is 4.21. The van der Waals surface area contributed by atoms with E-state index in [1.807, 2.05) is 0 Å². The summed E-state index contributed by atoms with van der Waals surface area (Å²) in [6, 6.07) is 0.0453. The van der Waals surface area contributed by atoms with Crippen LogP contribution in [0, 0.1) is 11.6 Å². The van der Waals surface area contributed by atoms with Gasteiger partial charge in [-0.15, -0.1) is 19.0 Å². The van der Waals surface area contributed by atoms with Crippen molar-refractivity contribution in [2.24, 2.45) is 5.73 Å². The topological polar surface area (TPSA) is 46.2 Å². The molecule has 0 spiro atoms. The van der Waals surface area contributed by atoms with Crippen molar-refractivity contribution >= 4 is 28.3 Å². The lowest BCUT2D eigenvalue weighted by Crippen LogP contribution is -2.12. The van der Waals surface area contributed by atoms with E-state index in [1.54, 1.807) is 0 Å². The minimum atomic E-state index is -1.12. The van der Waals surface area contributed by atoms with Crippen molar-refractivity contribution in [1.82, 2.24) is 0 Å². The summed E-state index contributed by atoms with van der Waals surface area (Å²) in [4.78, 5) is 0. The van der Waals surface area contributed by atoms with Gasteiger partial charge in [0.15, 0.2) is 11.6 Å². The highest BCUT2D eigenvalue weighted by atomic mass is 79.9. The van der Waals surface area contributed by atoms with Gasteiger partial charge in [0.05, 0.1) is 10.0 Å². The first-order chi connectivity index (χ1) is 6.99. The van der Waals surface area contributed by atoms with E-state index in [0.717, 1.165) is 6.07 Å². The summed E-state index contributed by atoms with van der Waals surface area (Å²) in [6.45, 7) is 3.44. The van der Waals surface area contributed by atoms with Crippen molar-refractivity contribution in [3.8, 4) is 5.75 Å². The van der Waals surface area contributed by atoms with Gasteiger partial charge >= 0.3 is 0 Å². The number of aromatic hydroxyl groups is 1. The number of phenolic OH excluding ortho intramolecular Hbond substituents is 1. The van der Waals surface area contributed by atoms with E-state index in [1.165, 1.54) is 6.08 Å². The number of benzene rings is 1. The maximum absolute atomic E-state index is 13.3. The first kappa shape index (κ1) is 15.3. The molecule has 0 aliphatic heterocycles. The zero-order valence-corrected chi connectivity index (χ0v) is 10.6. The van der Waals surface area contributed by atoms with Gasteiger partial charge in [0, 0.05) is 6.04 Å². The molecule has 3 N–H and O–H groups in total. The Labute approximate surface area is 107 Å². The van der Waals surface area contributed by atoms with E-state index < -0.39 is 17.7 Å². The second kappa shape index (κ2) is 6.18. The largest absolute Gasteiger partial charge is 0.506 e. The standard InChI is InChI=1S/C10H10BrF2NO.ClH/c1-2-3-7(14)8-9(13)6(12)4-5(11)10(8)15;/h2,4,7,15H,1,3,14H2;1H/t7-;/m0./s1. The summed E-state index contributed by atoms with van der Waals surface area (Å²) in [6.07, 6.45) is 1.72. The predicted molar refractivity (Wildman–Crippen MR) is 64.7 cm³/mol. The molecule has 0 unspecified atom stereocenters. The van der Waals surface area contributed by atoms with E-state index in [0.29, 0.717) is 0 Å². The van der Waals surface area contributed by atoms with Gasteiger partial charge < -0.3 is 10.8 Å². The molecule has 0 heterocycles. The Balaban J connectivity index is 0.00000225. The molecule has 0 bridgehead atoms. The van der Waals surface area contributed by atoms with Gasteiger partial charge in [-0.1, -0.05) is 6.08 Å². The van der Waals surface area contributed by atoms with Crippen LogP contribution in [0.1, 0.15) is 18.0 Å². The molecule has 0 fully saturated rings. The lowest BCUT2D eigenvalue weighted by molar-refractivity contribution is 0.428. The van der Waals surface area contributed by atoms with E-state index in [2.05, 4.69) is 22.5 Å². The molecule has 0 saturated heterocycles. The van der Waals surface area contributed by atoms with Crippen LogP contribution in [-0.2, 0) is 0 Å². The second-order valence-electron chi connectivity index (χ2n) is 3.05. The van der Waals surface area contributed by atoms with Crippen molar-refractivity contribution in [3.05, 3.63) is 40.4 Å². The lowest BCUT2D eigenvalue weighted by atomic mass is 10.0. The third-order valence-electron chi connectivity index (χ3n) is 1.97. The lowest BCUT2D eigenvalue weighted by Gasteiger charge is -2.14. The van der Waals surface area contributed by atoms with Crippen LogP contribution in [0.5, 0.6) is 5.75 Å². The van der Waals surface area contributed by atoms with E-state index >= 15 is 0 Å². The Morgan fingerprint density at radius 2 is 2.12 bits per heavy atom. The molecule has 16 heavy (non-hydrogen) atoms. The van der Waals surface area contributed by atoms with Gasteiger partial charge in [0.2, 0.25) is 0 Å². The summed E-state index contributed by atoms with van der Waals surface area (Å²) >= 11 is 2.91. The van der Waals surface area contributed by atoms with Gasteiger partial charge in [0.25, 0.3) is 0 Å². The van der Waals surface area contributed by atoms with Gasteiger partial charge in [-0.3, -0.25) is 0 Å². The van der Waals surface area contributed by atoms with Gasteiger partial charge in [-0.25, -0.2) is 8.78 Å². The Kier molecular flexibility index (Phi) is 5.92. The molecule has 0 amide bonds. The van der Waals surface area contributed by atoms with Crippen LogP contribution >= 0.6 is 28.3 Å². The molecular formula is C10H11BrClF2NO. The summed E-state index contributed by atoms with van der Waals surface area (Å²) in [7, 11) is 0. The molecule has 1 aromatic carbocycles. The molecule has 6 heteroatoms. The van der Waals surface area contributed by atoms with Crippen LogP contribution in [0.15, 0.2) is 23.2 Å². The number of nitrogens with two attached hydrogens (primary N) is 1. The Morgan fingerprint density at radius 1 is 1.56 bits per heavy atom. The summed E-state index contributed by atoms with van der Waals surface area (Å²) in [5.74, 6) is -2.54. The third-order valence-corrected chi connectivity index (χ3v) is 2.58. The van der Waals surface area contributed by atoms with Crippen molar-refractivity contribution < 1.29 is 13.9 Å². The Bertz CT molecular complexity index is 375. The fraction of sp³-hybridized carbons (Fsp3) is 0.200. The van der Waals surface area contributed by atoms with Crippen molar-refractivity contribution in [2.75, 3.05) is 0 Å². The number of hydrogen-bond donors (Lipinski definition) is 2. The molecular weight excluding hydrogens is 303 g/mol. The molecule has 0 aliphatic carbocycles. The Morgan fingerprint density at radius 3 is 2.62 bits per heavy atom. The highest BCUT2D eigenvalue weighted by Crippen LogP contribution is 2.35. The van der Waals surface area contributed by atoms with E-state index in [4.69, 9.17) is 5.73 Å². The number of halogens is 4. The smallest absolute Gasteiger partial charge is 0.167 e. The first-order valence-corrected chi connectivity index (χ1v) is 5.01. The van der Waals surface area contributed by atoms with Gasteiger partial charge in [0.1, 0.15) is 5.75 Å². The molecule has 1 rings (SSSR count). The molecule has 0 radical (unpaired) electrons. The predicted octanol–water partition coefficient (Wildman–Crippen LogP) is 3.43. The monoisotopic (exact) mass is 313 g/mol. The molecule has 0 aliphatic rings. The maximum Gasteiger partial charge on any atom is 0.167 e. The van der Waals surface area contributed by atoms with Gasteiger partial charge in [-0.05, 0) is 28.4 Å². The minimum absolute atomic E-state index is 0. The zero-order valence-electron chi connectivity index (χ0n) is 8.21. The van der Waals surface area contributed by atoms with Crippen LogP contribution in [0.2, 0.25) is 0 Å².